The minimum Gasteiger partial charge on any atom is -0.507 e. The number of ether oxygens (including phenoxy) is 4. The van der Waals surface area contributed by atoms with Crippen molar-refractivity contribution in [2.24, 2.45) is 0 Å². The number of carbonyl (C=O) groups excluding carboxylic acids is 2. The second-order valence-electron chi connectivity index (χ2n) is 10.3. The van der Waals surface area contributed by atoms with Crippen molar-refractivity contribution >= 4 is 11.6 Å². The summed E-state index contributed by atoms with van der Waals surface area (Å²) < 4.78 is 22.3. The maximum Gasteiger partial charge on any atom is 0.201 e. The summed E-state index contributed by atoms with van der Waals surface area (Å²) >= 11 is 0. The minimum absolute atomic E-state index is 0.0170. The second-order valence-corrected chi connectivity index (χ2v) is 10.3. The first kappa shape index (κ1) is 26.5. The number of rotatable bonds is 4. The van der Waals surface area contributed by atoms with Gasteiger partial charge in [-0.1, -0.05) is 0 Å². The first-order valence-corrected chi connectivity index (χ1v) is 12.2. The summed E-state index contributed by atoms with van der Waals surface area (Å²) in [5, 5.41) is 53.7. The highest BCUT2D eigenvalue weighted by Gasteiger charge is 2.48. The van der Waals surface area contributed by atoms with Gasteiger partial charge in [0.25, 0.3) is 0 Å². The number of aliphatic hydroxyl groups is 3. The van der Waals surface area contributed by atoms with Gasteiger partial charge < -0.3 is 44.5 Å². The molecule has 5 rings (SSSR count). The lowest BCUT2D eigenvalue weighted by Crippen LogP contribution is -2.58. The molecule has 38 heavy (non-hydrogen) atoms. The van der Waals surface area contributed by atoms with Crippen LogP contribution in [-0.2, 0) is 20.6 Å². The Morgan fingerprint density at radius 3 is 2.34 bits per heavy atom. The maximum atomic E-state index is 13.5. The molecule has 204 valence electrons. The number of hydrogen-bond donors (Lipinski definition) is 5. The Hall–Kier alpha value is -3.06. The van der Waals surface area contributed by atoms with Gasteiger partial charge in [-0.15, -0.1) is 0 Å². The van der Waals surface area contributed by atoms with Gasteiger partial charge >= 0.3 is 0 Å². The molecular weight excluding hydrogens is 500 g/mol. The number of benzene rings is 2. The van der Waals surface area contributed by atoms with Crippen LogP contribution in [0.4, 0.5) is 0 Å². The molecule has 2 aromatic rings. The lowest BCUT2D eigenvalue weighted by Gasteiger charge is -2.44. The zero-order valence-corrected chi connectivity index (χ0v) is 21.3. The summed E-state index contributed by atoms with van der Waals surface area (Å²) in [5.74, 6) is -2.12. The van der Waals surface area contributed by atoms with Crippen LogP contribution >= 0.6 is 0 Å². The molecule has 0 amide bonds. The van der Waals surface area contributed by atoms with Crippen molar-refractivity contribution in [1.82, 2.24) is 0 Å². The fourth-order valence-corrected chi connectivity index (χ4v) is 5.68. The largest absolute Gasteiger partial charge is 0.507 e. The fraction of sp³-hybridized carbons (Fsp3) is 0.481. The van der Waals surface area contributed by atoms with Crippen molar-refractivity contribution in [3.8, 4) is 17.2 Å². The zero-order chi connectivity index (χ0) is 27.7. The standard InChI is InChI=1S/C27H30O11/c1-10-20(29)24(33)25(36-4)26(37-10)38-16-9-27(2,34)8-11-5-13-19(22(31)17(11)16)23(32)18-14(21(13)30)6-12(35-3)7-15(18)28/h5-7,10,16,20,24-26,28-29,31,33-34H,8-9H2,1-4H3/t10-,16+,20+,24-,25-,26-,27+/m0/s1. The van der Waals surface area contributed by atoms with Crippen molar-refractivity contribution in [3.63, 3.8) is 0 Å². The quantitative estimate of drug-likeness (QED) is 0.327. The van der Waals surface area contributed by atoms with Crippen LogP contribution in [0.25, 0.3) is 0 Å². The van der Waals surface area contributed by atoms with E-state index < -0.39 is 65.5 Å². The topological polar surface area (TPSA) is 172 Å². The molecule has 0 bridgehead atoms. The van der Waals surface area contributed by atoms with Crippen LogP contribution < -0.4 is 4.74 Å². The van der Waals surface area contributed by atoms with E-state index in [1.807, 2.05) is 0 Å². The molecule has 1 fully saturated rings. The second kappa shape index (κ2) is 9.30. The molecule has 11 nitrogen and oxygen atoms in total. The lowest BCUT2D eigenvalue weighted by atomic mass is 9.74. The molecular formula is C27H30O11. The van der Waals surface area contributed by atoms with Gasteiger partial charge in [-0.25, -0.2) is 0 Å². The third-order valence-corrected chi connectivity index (χ3v) is 7.57. The van der Waals surface area contributed by atoms with E-state index in [2.05, 4.69) is 0 Å². The Morgan fingerprint density at radius 1 is 1.00 bits per heavy atom. The van der Waals surface area contributed by atoms with Crippen molar-refractivity contribution in [2.45, 2.75) is 69.1 Å². The predicted octanol–water partition coefficient (Wildman–Crippen LogP) is 1.12. The van der Waals surface area contributed by atoms with Crippen LogP contribution in [0.1, 0.15) is 69.3 Å². The van der Waals surface area contributed by atoms with E-state index in [1.165, 1.54) is 32.4 Å². The molecule has 0 saturated carbocycles. The van der Waals surface area contributed by atoms with Crippen molar-refractivity contribution < 1.29 is 54.1 Å². The number of carbonyl (C=O) groups is 2. The van der Waals surface area contributed by atoms with E-state index in [9.17, 15) is 35.1 Å². The van der Waals surface area contributed by atoms with E-state index >= 15 is 0 Å². The molecule has 3 aliphatic rings. The molecule has 0 aromatic heterocycles. The summed E-state index contributed by atoms with van der Waals surface area (Å²) in [6.07, 6.45) is -6.64. The number of methoxy groups -OCH3 is 2. The monoisotopic (exact) mass is 530 g/mol. The average Bonchev–Trinajstić information content (AvgIpc) is 2.84. The minimum atomic E-state index is -1.33. The number of fused-ring (bicyclic) bond motifs is 3. The van der Waals surface area contributed by atoms with Crippen LogP contribution in [0, 0.1) is 0 Å². The summed E-state index contributed by atoms with van der Waals surface area (Å²) in [5.41, 5.74) is -1.42. The fourth-order valence-electron chi connectivity index (χ4n) is 5.68. The number of aromatic hydroxyl groups is 2. The Morgan fingerprint density at radius 2 is 1.68 bits per heavy atom. The number of aliphatic hydroxyl groups excluding tert-OH is 2. The van der Waals surface area contributed by atoms with Gasteiger partial charge in [0, 0.05) is 42.7 Å². The first-order valence-electron chi connectivity index (χ1n) is 12.2. The normalized spacial score (nSPS) is 32.4. The van der Waals surface area contributed by atoms with Crippen molar-refractivity contribution in [3.05, 3.63) is 51.6 Å². The Bertz CT molecular complexity index is 1320. The first-order chi connectivity index (χ1) is 17.9. The van der Waals surface area contributed by atoms with Gasteiger partial charge in [-0.2, -0.15) is 0 Å². The summed E-state index contributed by atoms with van der Waals surface area (Å²) in [7, 11) is 2.68. The van der Waals surface area contributed by atoms with Gasteiger partial charge in [0.2, 0.25) is 5.78 Å². The highest BCUT2D eigenvalue weighted by atomic mass is 16.7. The Kier molecular flexibility index (Phi) is 6.49. The molecule has 7 atom stereocenters. The summed E-state index contributed by atoms with van der Waals surface area (Å²) in [6, 6.07) is 4.01. The third kappa shape index (κ3) is 4.06. The molecule has 0 spiro atoms. The number of hydrogen-bond acceptors (Lipinski definition) is 11. The van der Waals surface area contributed by atoms with Crippen LogP contribution in [0.2, 0.25) is 0 Å². The molecule has 11 heteroatoms. The predicted molar refractivity (Wildman–Crippen MR) is 130 cm³/mol. The number of ketones is 2. The van der Waals surface area contributed by atoms with Crippen LogP contribution in [-0.4, -0.2) is 87.6 Å². The summed E-state index contributed by atoms with van der Waals surface area (Å²) in [4.78, 5) is 27.0. The van der Waals surface area contributed by atoms with Gasteiger partial charge in [0.05, 0.1) is 36.0 Å². The maximum absolute atomic E-state index is 13.5. The molecule has 2 aliphatic carbocycles. The number of phenolic OH excluding ortho intramolecular Hbond substituents is 2. The Balaban J connectivity index is 1.62. The number of phenols is 2. The highest BCUT2D eigenvalue weighted by Crippen LogP contribution is 2.48. The van der Waals surface area contributed by atoms with Crippen molar-refractivity contribution in [2.75, 3.05) is 14.2 Å². The van der Waals surface area contributed by atoms with Crippen LogP contribution in [0.15, 0.2) is 18.2 Å². The molecule has 1 heterocycles. The molecule has 1 aliphatic heterocycles. The van der Waals surface area contributed by atoms with E-state index in [4.69, 9.17) is 18.9 Å². The van der Waals surface area contributed by atoms with Gasteiger partial charge in [-0.3, -0.25) is 9.59 Å². The molecule has 5 N–H and O–H groups in total. The van der Waals surface area contributed by atoms with Crippen molar-refractivity contribution in [1.29, 1.82) is 0 Å². The van der Waals surface area contributed by atoms with Gasteiger partial charge in [0.1, 0.15) is 35.6 Å². The molecule has 0 radical (unpaired) electrons. The zero-order valence-electron chi connectivity index (χ0n) is 21.3. The molecule has 1 saturated heterocycles. The molecule has 0 unspecified atom stereocenters. The smallest absolute Gasteiger partial charge is 0.201 e. The lowest BCUT2D eigenvalue weighted by molar-refractivity contribution is -0.313. The highest BCUT2D eigenvalue weighted by molar-refractivity contribution is 6.30. The average molecular weight is 531 g/mol. The van der Waals surface area contributed by atoms with E-state index in [0.29, 0.717) is 5.56 Å². The van der Waals surface area contributed by atoms with E-state index in [1.54, 1.807) is 13.8 Å². The van der Waals surface area contributed by atoms with Crippen LogP contribution in [0.5, 0.6) is 17.2 Å². The van der Waals surface area contributed by atoms with E-state index in [-0.39, 0.29) is 46.4 Å². The van der Waals surface area contributed by atoms with Crippen LogP contribution in [0.3, 0.4) is 0 Å². The summed E-state index contributed by atoms with van der Waals surface area (Å²) in [6.45, 7) is 3.13. The SMILES string of the molecule is COc1cc(O)c2c(c1)C(=O)c1cc3c(c(O)c1C2=O)[C@H](O[C@@H]1O[C@@H](C)[C@@H](O)[C@H](O)[C@@H]1OC)C[C@](C)(O)C3. The Labute approximate surface area is 218 Å². The van der Waals surface area contributed by atoms with Gasteiger partial charge in [-0.05, 0) is 31.5 Å². The molecule has 2 aromatic carbocycles. The van der Waals surface area contributed by atoms with E-state index in [0.717, 1.165) is 0 Å². The van der Waals surface area contributed by atoms with Gasteiger partial charge in [0.15, 0.2) is 12.1 Å². The third-order valence-electron chi connectivity index (χ3n) is 7.57.